The van der Waals surface area contributed by atoms with Crippen LogP contribution in [0.2, 0.25) is 0 Å². The average molecular weight is 214 g/mol. The first-order valence-corrected chi connectivity index (χ1v) is 5.69. The van der Waals surface area contributed by atoms with Gasteiger partial charge in [0.05, 0.1) is 11.1 Å². The largest absolute Gasteiger partial charge is 0.388 e. The fraction of sp³-hybridized carbons (Fsp3) is 0.909. The van der Waals surface area contributed by atoms with Crippen molar-refractivity contribution in [2.24, 2.45) is 5.73 Å². The van der Waals surface area contributed by atoms with Gasteiger partial charge >= 0.3 is 0 Å². The SMILES string of the molecule is CCCC(C)(O)CNC(=O)C1(N)CCC1. The van der Waals surface area contributed by atoms with Gasteiger partial charge in [0.15, 0.2) is 0 Å². The quantitative estimate of drug-likeness (QED) is 0.625. The molecule has 0 radical (unpaired) electrons. The summed E-state index contributed by atoms with van der Waals surface area (Å²) in [6, 6.07) is 0. The van der Waals surface area contributed by atoms with Gasteiger partial charge < -0.3 is 16.2 Å². The normalized spacial score (nSPS) is 22.7. The molecule has 1 saturated carbocycles. The molecule has 1 aliphatic rings. The standard InChI is InChI=1S/C11H22N2O2/c1-3-5-10(2,15)8-13-9(14)11(12)6-4-7-11/h15H,3-8,12H2,1-2H3,(H,13,14). The van der Waals surface area contributed by atoms with E-state index in [0.717, 1.165) is 25.7 Å². The number of amides is 1. The summed E-state index contributed by atoms with van der Waals surface area (Å²) in [5.41, 5.74) is 4.38. The first-order valence-electron chi connectivity index (χ1n) is 5.69. The summed E-state index contributed by atoms with van der Waals surface area (Å²) in [6.07, 6.45) is 4.13. The van der Waals surface area contributed by atoms with E-state index in [0.29, 0.717) is 13.0 Å². The molecule has 1 unspecified atom stereocenters. The molecule has 0 aromatic rings. The lowest BCUT2D eigenvalue weighted by atomic mass is 9.77. The zero-order valence-corrected chi connectivity index (χ0v) is 9.68. The zero-order chi connectivity index (χ0) is 11.5. The van der Waals surface area contributed by atoms with Gasteiger partial charge in [0.2, 0.25) is 5.91 Å². The highest BCUT2D eigenvalue weighted by Crippen LogP contribution is 2.29. The number of rotatable bonds is 5. The third-order valence-electron chi connectivity index (χ3n) is 3.12. The monoisotopic (exact) mass is 214 g/mol. The second kappa shape index (κ2) is 4.49. The highest BCUT2D eigenvalue weighted by molar-refractivity contribution is 5.87. The second-order valence-corrected chi connectivity index (χ2v) is 4.94. The van der Waals surface area contributed by atoms with Crippen LogP contribution in [0.25, 0.3) is 0 Å². The Morgan fingerprint density at radius 3 is 2.60 bits per heavy atom. The van der Waals surface area contributed by atoms with Crippen LogP contribution in [0.5, 0.6) is 0 Å². The van der Waals surface area contributed by atoms with Crippen molar-refractivity contribution in [1.82, 2.24) is 5.32 Å². The Morgan fingerprint density at radius 2 is 2.20 bits per heavy atom. The lowest BCUT2D eigenvalue weighted by Crippen LogP contribution is -2.60. The Hall–Kier alpha value is -0.610. The molecule has 0 aliphatic heterocycles. The third kappa shape index (κ3) is 3.18. The van der Waals surface area contributed by atoms with Gasteiger partial charge in [-0.1, -0.05) is 13.3 Å². The molecule has 1 aliphatic carbocycles. The number of hydrogen-bond donors (Lipinski definition) is 3. The molecule has 1 atom stereocenters. The fourth-order valence-corrected chi connectivity index (χ4v) is 1.86. The van der Waals surface area contributed by atoms with E-state index in [1.807, 2.05) is 6.92 Å². The predicted molar refractivity (Wildman–Crippen MR) is 59.3 cm³/mol. The maximum Gasteiger partial charge on any atom is 0.240 e. The Labute approximate surface area is 91.2 Å². The number of hydrogen-bond acceptors (Lipinski definition) is 3. The van der Waals surface area contributed by atoms with Crippen LogP contribution >= 0.6 is 0 Å². The number of nitrogens with one attached hydrogen (secondary N) is 1. The third-order valence-corrected chi connectivity index (χ3v) is 3.12. The molecule has 1 amide bonds. The van der Waals surface area contributed by atoms with Gasteiger partial charge in [-0.2, -0.15) is 0 Å². The van der Waals surface area contributed by atoms with Crippen molar-refractivity contribution >= 4 is 5.91 Å². The molecule has 0 bridgehead atoms. The predicted octanol–water partition coefficient (Wildman–Crippen LogP) is 0.535. The summed E-state index contributed by atoms with van der Waals surface area (Å²) in [6.45, 7) is 4.03. The summed E-state index contributed by atoms with van der Waals surface area (Å²) in [5, 5.41) is 12.6. The molecule has 4 nitrogen and oxygen atoms in total. The smallest absolute Gasteiger partial charge is 0.240 e. The van der Waals surface area contributed by atoms with Gasteiger partial charge in [-0.05, 0) is 32.6 Å². The van der Waals surface area contributed by atoms with Crippen molar-refractivity contribution in [3.8, 4) is 0 Å². The molecule has 15 heavy (non-hydrogen) atoms. The average Bonchev–Trinajstić information content (AvgIpc) is 2.10. The van der Waals surface area contributed by atoms with E-state index in [1.165, 1.54) is 0 Å². The van der Waals surface area contributed by atoms with E-state index < -0.39 is 11.1 Å². The van der Waals surface area contributed by atoms with Crippen LogP contribution in [-0.4, -0.2) is 28.7 Å². The van der Waals surface area contributed by atoms with Crippen molar-refractivity contribution < 1.29 is 9.90 Å². The maximum absolute atomic E-state index is 11.7. The number of carbonyl (C=O) groups excluding carboxylic acids is 1. The van der Waals surface area contributed by atoms with Crippen molar-refractivity contribution in [2.75, 3.05) is 6.54 Å². The lowest BCUT2D eigenvalue weighted by Gasteiger charge is -2.37. The van der Waals surface area contributed by atoms with Gasteiger partial charge in [0.1, 0.15) is 0 Å². The van der Waals surface area contributed by atoms with E-state index in [-0.39, 0.29) is 5.91 Å². The zero-order valence-electron chi connectivity index (χ0n) is 9.68. The number of nitrogens with two attached hydrogens (primary N) is 1. The molecule has 4 heteroatoms. The maximum atomic E-state index is 11.7. The summed E-state index contributed by atoms with van der Waals surface area (Å²) in [4.78, 5) is 11.7. The summed E-state index contributed by atoms with van der Waals surface area (Å²) < 4.78 is 0. The van der Waals surface area contributed by atoms with Crippen molar-refractivity contribution in [2.45, 2.75) is 57.1 Å². The summed E-state index contributed by atoms with van der Waals surface area (Å²) in [7, 11) is 0. The van der Waals surface area contributed by atoms with Crippen molar-refractivity contribution in [3.05, 3.63) is 0 Å². The first kappa shape index (κ1) is 12.5. The molecular formula is C11H22N2O2. The van der Waals surface area contributed by atoms with Crippen LogP contribution in [0.15, 0.2) is 0 Å². The van der Waals surface area contributed by atoms with Gasteiger partial charge in [0, 0.05) is 6.54 Å². The summed E-state index contributed by atoms with van der Waals surface area (Å²) >= 11 is 0. The highest BCUT2D eigenvalue weighted by Gasteiger charge is 2.40. The molecule has 0 aromatic carbocycles. The van der Waals surface area contributed by atoms with Gasteiger partial charge in [-0.3, -0.25) is 4.79 Å². The van der Waals surface area contributed by atoms with Crippen LogP contribution < -0.4 is 11.1 Å². The van der Waals surface area contributed by atoms with E-state index in [1.54, 1.807) is 6.92 Å². The molecule has 0 aromatic heterocycles. The Kier molecular flexibility index (Phi) is 3.73. The van der Waals surface area contributed by atoms with Crippen LogP contribution in [0.3, 0.4) is 0 Å². The Morgan fingerprint density at radius 1 is 1.60 bits per heavy atom. The fourth-order valence-electron chi connectivity index (χ4n) is 1.86. The van der Waals surface area contributed by atoms with E-state index in [4.69, 9.17) is 5.73 Å². The van der Waals surface area contributed by atoms with Crippen molar-refractivity contribution in [3.63, 3.8) is 0 Å². The minimum atomic E-state index is -0.815. The highest BCUT2D eigenvalue weighted by atomic mass is 16.3. The molecule has 1 rings (SSSR count). The second-order valence-electron chi connectivity index (χ2n) is 4.94. The number of carbonyl (C=O) groups is 1. The Bertz CT molecular complexity index is 235. The minimum absolute atomic E-state index is 0.120. The van der Waals surface area contributed by atoms with Gasteiger partial charge in [-0.15, -0.1) is 0 Å². The van der Waals surface area contributed by atoms with Gasteiger partial charge in [-0.25, -0.2) is 0 Å². The molecular weight excluding hydrogens is 192 g/mol. The van der Waals surface area contributed by atoms with Crippen molar-refractivity contribution in [1.29, 1.82) is 0 Å². The number of aliphatic hydroxyl groups is 1. The molecule has 0 heterocycles. The molecule has 0 saturated heterocycles. The van der Waals surface area contributed by atoms with E-state index >= 15 is 0 Å². The first-order chi connectivity index (χ1) is 6.90. The van der Waals surface area contributed by atoms with Gasteiger partial charge in [0.25, 0.3) is 0 Å². The van der Waals surface area contributed by atoms with Crippen LogP contribution in [0, 0.1) is 0 Å². The van der Waals surface area contributed by atoms with Crippen LogP contribution in [0.4, 0.5) is 0 Å². The molecule has 0 spiro atoms. The lowest BCUT2D eigenvalue weighted by molar-refractivity contribution is -0.130. The topological polar surface area (TPSA) is 75.3 Å². The minimum Gasteiger partial charge on any atom is -0.388 e. The van der Waals surface area contributed by atoms with Crippen LogP contribution in [0.1, 0.15) is 46.0 Å². The molecule has 88 valence electrons. The molecule has 1 fully saturated rings. The summed E-state index contributed by atoms with van der Waals surface area (Å²) in [5.74, 6) is -0.120. The van der Waals surface area contributed by atoms with E-state index in [9.17, 15) is 9.90 Å². The van der Waals surface area contributed by atoms with Crippen LogP contribution in [-0.2, 0) is 4.79 Å². The molecule has 4 N–H and O–H groups in total. The van der Waals surface area contributed by atoms with E-state index in [2.05, 4.69) is 5.32 Å². The Balaban J connectivity index is 2.33.